The SMILES string of the molecule is C=C/C(=C\C=C\C(CC(=O)NOC)c1ccccc1)C(C)=O. The van der Waals surface area contributed by atoms with Crippen molar-refractivity contribution >= 4 is 11.7 Å². The fourth-order valence-electron chi connectivity index (χ4n) is 1.97. The van der Waals surface area contributed by atoms with E-state index in [1.807, 2.05) is 36.4 Å². The van der Waals surface area contributed by atoms with Crippen LogP contribution in [0.1, 0.15) is 24.8 Å². The summed E-state index contributed by atoms with van der Waals surface area (Å²) in [5.74, 6) is -0.362. The molecule has 1 N–H and O–H groups in total. The number of ketones is 1. The summed E-state index contributed by atoms with van der Waals surface area (Å²) in [5.41, 5.74) is 3.86. The van der Waals surface area contributed by atoms with Crippen LogP contribution >= 0.6 is 0 Å². The standard InChI is InChI=1S/C18H21NO3/c1-4-15(14(2)20)11-8-12-17(13-18(21)19-22-3)16-9-6-5-7-10-16/h4-12,17H,1,13H2,2-3H3,(H,19,21)/b12-8+,15-11+. The molecule has 1 aromatic rings. The molecule has 0 fully saturated rings. The van der Waals surface area contributed by atoms with Gasteiger partial charge in [0.15, 0.2) is 5.78 Å². The van der Waals surface area contributed by atoms with Gasteiger partial charge in [0, 0.05) is 17.9 Å². The van der Waals surface area contributed by atoms with Gasteiger partial charge in [-0.3, -0.25) is 14.4 Å². The zero-order valence-electron chi connectivity index (χ0n) is 12.9. The molecule has 1 unspecified atom stereocenters. The molecule has 0 spiro atoms. The number of carbonyl (C=O) groups is 2. The molecule has 0 saturated heterocycles. The second-order valence-electron chi connectivity index (χ2n) is 4.72. The molecule has 1 aromatic carbocycles. The third-order valence-corrected chi connectivity index (χ3v) is 3.09. The summed E-state index contributed by atoms with van der Waals surface area (Å²) in [5, 5.41) is 0. The van der Waals surface area contributed by atoms with Crippen LogP contribution in [0.2, 0.25) is 0 Å². The largest absolute Gasteiger partial charge is 0.295 e. The lowest BCUT2D eigenvalue weighted by Crippen LogP contribution is -2.23. The molecule has 0 heterocycles. The van der Waals surface area contributed by atoms with Gasteiger partial charge >= 0.3 is 0 Å². The van der Waals surface area contributed by atoms with Gasteiger partial charge in [-0.05, 0) is 12.5 Å². The van der Waals surface area contributed by atoms with Crippen LogP contribution in [-0.2, 0) is 14.4 Å². The Balaban J connectivity index is 2.93. The molecule has 1 rings (SSSR count). The van der Waals surface area contributed by atoms with Gasteiger partial charge in [-0.2, -0.15) is 0 Å². The molecule has 116 valence electrons. The summed E-state index contributed by atoms with van der Waals surface area (Å²) in [7, 11) is 1.40. The smallest absolute Gasteiger partial charge is 0.244 e. The Bertz CT molecular complexity index is 573. The normalized spacial score (nSPS) is 12.9. The minimum absolute atomic E-state index is 0.0481. The van der Waals surface area contributed by atoms with Gasteiger partial charge in [-0.25, -0.2) is 5.48 Å². The van der Waals surface area contributed by atoms with Crippen molar-refractivity contribution in [2.75, 3.05) is 7.11 Å². The first kappa shape index (κ1) is 17.6. The quantitative estimate of drug-likeness (QED) is 0.456. The van der Waals surface area contributed by atoms with Crippen LogP contribution in [0.25, 0.3) is 0 Å². The summed E-state index contributed by atoms with van der Waals surface area (Å²) in [6.45, 7) is 5.10. The molecule has 0 saturated carbocycles. The summed E-state index contributed by atoms with van der Waals surface area (Å²) in [4.78, 5) is 27.7. The van der Waals surface area contributed by atoms with Gasteiger partial charge < -0.3 is 0 Å². The fraction of sp³-hybridized carbons (Fsp3) is 0.222. The monoisotopic (exact) mass is 299 g/mol. The lowest BCUT2D eigenvalue weighted by atomic mass is 9.94. The van der Waals surface area contributed by atoms with Crippen LogP contribution in [0.4, 0.5) is 0 Å². The number of allylic oxidation sites excluding steroid dienone is 5. The first-order chi connectivity index (χ1) is 10.6. The number of benzene rings is 1. The minimum atomic E-state index is -0.208. The van der Waals surface area contributed by atoms with Gasteiger partial charge in [-0.1, -0.05) is 61.2 Å². The Morgan fingerprint density at radius 1 is 1.32 bits per heavy atom. The summed E-state index contributed by atoms with van der Waals surface area (Å²) in [6, 6.07) is 9.68. The van der Waals surface area contributed by atoms with E-state index in [9.17, 15) is 9.59 Å². The Hall–Kier alpha value is -2.46. The first-order valence-electron chi connectivity index (χ1n) is 6.97. The van der Waals surface area contributed by atoms with Gasteiger partial charge in [0.2, 0.25) is 5.91 Å². The number of nitrogens with one attached hydrogen (secondary N) is 1. The maximum absolute atomic E-state index is 11.7. The zero-order chi connectivity index (χ0) is 16.4. The van der Waals surface area contributed by atoms with Crippen molar-refractivity contribution in [2.45, 2.75) is 19.3 Å². The van der Waals surface area contributed by atoms with Crippen molar-refractivity contribution in [3.05, 3.63) is 72.4 Å². The topological polar surface area (TPSA) is 55.4 Å². The van der Waals surface area contributed by atoms with Crippen molar-refractivity contribution < 1.29 is 14.4 Å². The molecule has 22 heavy (non-hydrogen) atoms. The number of hydroxylamine groups is 1. The molecule has 0 aromatic heterocycles. The first-order valence-corrected chi connectivity index (χ1v) is 6.97. The van der Waals surface area contributed by atoms with E-state index in [1.165, 1.54) is 20.1 Å². The number of hydrogen-bond acceptors (Lipinski definition) is 3. The molecular formula is C18H21NO3. The maximum atomic E-state index is 11.7. The molecule has 1 amide bonds. The van der Waals surface area contributed by atoms with E-state index in [0.29, 0.717) is 5.57 Å². The van der Waals surface area contributed by atoms with Crippen molar-refractivity contribution in [1.29, 1.82) is 0 Å². The van der Waals surface area contributed by atoms with Gasteiger partial charge in [-0.15, -0.1) is 0 Å². The molecule has 4 nitrogen and oxygen atoms in total. The van der Waals surface area contributed by atoms with Crippen LogP contribution in [0.5, 0.6) is 0 Å². The van der Waals surface area contributed by atoms with Crippen LogP contribution in [0.15, 0.2) is 66.8 Å². The van der Waals surface area contributed by atoms with Crippen molar-refractivity contribution in [2.24, 2.45) is 0 Å². The summed E-state index contributed by atoms with van der Waals surface area (Å²) >= 11 is 0. The second-order valence-corrected chi connectivity index (χ2v) is 4.72. The van der Waals surface area contributed by atoms with E-state index in [4.69, 9.17) is 0 Å². The van der Waals surface area contributed by atoms with Gasteiger partial charge in [0.1, 0.15) is 0 Å². The van der Waals surface area contributed by atoms with E-state index in [1.54, 1.807) is 12.2 Å². The third kappa shape index (κ3) is 5.89. The lowest BCUT2D eigenvalue weighted by Gasteiger charge is -2.12. The Morgan fingerprint density at radius 2 is 2.00 bits per heavy atom. The third-order valence-electron chi connectivity index (χ3n) is 3.09. The highest BCUT2D eigenvalue weighted by molar-refractivity contribution is 5.96. The summed E-state index contributed by atoms with van der Waals surface area (Å²) in [6.07, 6.45) is 7.13. The number of hydrogen-bond donors (Lipinski definition) is 1. The molecular weight excluding hydrogens is 278 g/mol. The highest BCUT2D eigenvalue weighted by Crippen LogP contribution is 2.21. The average molecular weight is 299 g/mol. The van der Waals surface area contributed by atoms with E-state index in [-0.39, 0.29) is 24.0 Å². The van der Waals surface area contributed by atoms with Crippen LogP contribution in [-0.4, -0.2) is 18.8 Å². The van der Waals surface area contributed by atoms with Crippen LogP contribution in [0, 0.1) is 0 Å². The second kappa shape index (κ2) is 9.47. The van der Waals surface area contributed by atoms with E-state index >= 15 is 0 Å². The highest BCUT2D eigenvalue weighted by atomic mass is 16.6. The zero-order valence-corrected chi connectivity index (χ0v) is 12.9. The summed E-state index contributed by atoms with van der Waals surface area (Å²) < 4.78 is 0. The van der Waals surface area contributed by atoms with Crippen LogP contribution < -0.4 is 5.48 Å². The van der Waals surface area contributed by atoms with E-state index in [2.05, 4.69) is 16.9 Å². The molecule has 0 aliphatic rings. The van der Waals surface area contributed by atoms with E-state index in [0.717, 1.165) is 5.56 Å². The highest BCUT2D eigenvalue weighted by Gasteiger charge is 2.12. The molecule has 0 aliphatic heterocycles. The van der Waals surface area contributed by atoms with Crippen molar-refractivity contribution in [1.82, 2.24) is 5.48 Å². The molecule has 4 heteroatoms. The Morgan fingerprint density at radius 3 is 2.55 bits per heavy atom. The number of rotatable bonds is 8. The number of carbonyl (C=O) groups excluding carboxylic acids is 2. The maximum Gasteiger partial charge on any atom is 0.244 e. The predicted molar refractivity (Wildman–Crippen MR) is 87.1 cm³/mol. The Kier molecular flexibility index (Phi) is 7.57. The van der Waals surface area contributed by atoms with Crippen molar-refractivity contribution in [3.63, 3.8) is 0 Å². The minimum Gasteiger partial charge on any atom is -0.295 e. The molecule has 0 aliphatic carbocycles. The molecule has 0 radical (unpaired) electrons. The Labute approximate surface area is 131 Å². The average Bonchev–Trinajstić information content (AvgIpc) is 2.51. The van der Waals surface area contributed by atoms with Gasteiger partial charge in [0.05, 0.1) is 7.11 Å². The number of amides is 1. The number of Topliss-reactive ketones (excluding diaryl/α,β-unsaturated/α-hetero) is 1. The lowest BCUT2D eigenvalue weighted by molar-refractivity contribution is -0.131. The van der Waals surface area contributed by atoms with Gasteiger partial charge in [0.25, 0.3) is 0 Å². The van der Waals surface area contributed by atoms with Crippen LogP contribution in [0.3, 0.4) is 0 Å². The fourth-order valence-corrected chi connectivity index (χ4v) is 1.97. The predicted octanol–water partition coefficient (Wildman–Crippen LogP) is 3.10. The van der Waals surface area contributed by atoms with E-state index < -0.39 is 0 Å². The van der Waals surface area contributed by atoms with Crippen molar-refractivity contribution in [3.8, 4) is 0 Å². The molecule has 1 atom stereocenters. The molecule has 0 bridgehead atoms.